The number of hydrogen-bond donors (Lipinski definition) is 1. The molecule has 0 radical (unpaired) electrons. The SMILES string of the molecule is CCC(C)(C)c1ccc(C(N)CC(C)C)cc1. The Kier molecular flexibility index (Phi) is 4.76. The van der Waals surface area contributed by atoms with E-state index in [1.165, 1.54) is 11.1 Å². The van der Waals surface area contributed by atoms with Gasteiger partial charge in [0.25, 0.3) is 0 Å². The van der Waals surface area contributed by atoms with Crippen molar-refractivity contribution in [1.29, 1.82) is 0 Å². The van der Waals surface area contributed by atoms with Gasteiger partial charge < -0.3 is 5.73 Å². The fraction of sp³-hybridized carbons (Fsp3) is 0.625. The highest BCUT2D eigenvalue weighted by atomic mass is 14.6. The van der Waals surface area contributed by atoms with E-state index in [2.05, 4.69) is 58.9 Å². The Hall–Kier alpha value is -0.820. The van der Waals surface area contributed by atoms with E-state index < -0.39 is 0 Å². The van der Waals surface area contributed by atoms with E-state index in [0.29, 0.717) is 5.92 Å². The average Bonchev–Trinajstić information content (AvgIpc) is 2.28. The van der Waals surface area contributed by atoms with Crippen LogP contribution in [0, 0.1) is 5.92 Å². The van der Waals surface area contributed by atoms with Crippen LogP contribution in [0.3, 0.4) is 0 Å². The minimum atomic E-state index is 0.175. The third-order valence-electron chi connectivity index (χ3n) is 3.73. The number of benzene rings is 1. The summed E-state index contributed by atoms with van der Waals surface area (Å²) >= 11 is 0. The van der Waals surface area contributed by atoms with Gasteiger partial charge in [-0.2, -0.15) is 0 Å². The minimum Gasteiger partial charge on any atom is -0.324 e. The zero-order valence-electron chi connectivity index (χ0n) is 12.0. The molecule has 0 aromatic heterocycles. The predicted molar refractivity (Wildman–Crippen MR) is 76.1 cm³/mol. The van der Waals surface area contributed by atoms with Crippen molar-refractivity contribution in [3.63, 3.8) is 0 Å². The van der Waals surface area contributed by atoms with Gasteiger partial charge in [-0.15, -0.1) is 0 Å². The molecule has 1 atom stereocenters. The molecule has 96 valence electrons. The Labute approximate surface area is 106 Å². The Morgan fingerprint density at radius 3 is 2.06 bits per heavy atom. The van der Waals surface area contributed by atoms with Crippen molar-refractivity contribution in [3.05, 3.63) is 35.4 Å². The summed E-state index contributed by atoms with van der Waals surface area (Å²) in [5, 5.41) is 0. The van der Waals surface area contributed by atoms with E-state index in [1.807, 2.05) is 0 Å². The van der Waals surface area contributed by atoms with Gasteiger partial charge in [-0.25, -0.2) is 0 Å². The van der Waals surface area contributed by atoms with Gasteiger partial charge in [0, 0.05) is 6.04 Å². The molecular weight excluding hydrogens is 206 g/mol. The molecule has 0 spiro atoms. The summed E-state index contributed by atoms with van der Waals surface area (Å²) in [5.41, 5.74) is 9.11. The van der Waals surface area contributed by atoms with Crippen LogP contribution < -0.4 is 5.73 Å². The second-order valence-corrected chi connectivity index (χ2v) is 6.10. The minimum absolute atomic E-state index is 0.175. The van der Waals surface area contributed by atoms with Crippen LogP contribution in [0.5, 0.6) is 0 Å². The smallest absolute Gasteiger partial charge is 0.0297 e. The number of nitrogens with two attached hydrogens (primary N) is 1. The lowest BCUT2D eigenvalue weighted by Crippen LogP contribution is -2.16. The lowest BCUT2D eigenvalue weighted by Gasteiger charge is -2.24. The van der Waals surface area contributed by atoms with Gasteiger partial charge in [-0.05, 0) is 35.3 Å². The van der Waals surface area contributed by atoms with Gasteiger partial charge in [0.05, 0.1) is 0 Å². The summed E-state index contributed by atoms with van der Waals surface area (Å²) in [7, 11) is 0. The van der Waals surface area contributed by atoms with Gasteiger partial charge in [-0.3, -0.25) is 0 Å². The predicted octanol–water partition coefficient (Wildman–Crippen LogP) is 4.42. The second kappa shape index (κ2) is 5.68. The molecule has 0 saturated heterocycles. The van der Waals surface area contributed by atoms with Crippen LogP contribution in [-0.4, -0.2) is 0 Å². The largest absolute Gasteiger partial charge is 0.324 e. The Bertz CT molecular complexity index is 335. The number of rotatable bonds is 5. The van der Waals surface area contributed by atoms with Crippen LogP contribution in [0.25, 0.3) is 0 Å². The topological polar surface area (TPSA) is 26.0 Å². The Balaban J connectivity index is 2.81. The highest BCUT2D eigenvalue weighted by Crippen LogP contribution is 2.28. The summed E-state index contributed by atoms with van der Waals surface area (Å²) in [4.78, 5) is 0. The fourth-order valence-corrected chi connectivity index (χ4v) is 2.03. The van der Waals surface area contributed by atoms with Crippen molar-refractivity contribution in [2.75, 3.05) is 0 Å². The Morgan fingerprint density at radius 1 is 1.12 bits per heavy atom. The van der Waals surface area contributed by atoms with Crippen molar-refractivity contribution < 1.29 is 0 Å². The zero-order valence-corrected chi connectivity index (χ0v) is 12.0. The van der Waals surface area contributed by atoms with Crippen molar-refractivity contribution in [2.24, 2.45) is 11.7 Å². The first kappa shape index (κ1) is 14.2. The fourth-order valence-electron chi connectivity index (χ4n) is 2.03. The molecule has 0 aliphatic carbocycles. The molecule has 0 fully saturated rings. The van der Waals surface area contributed by atoms with Crippen LogP contribution in [0.2, 0.25) is 0 Å². The highest BCUT2D eigenvalue weighted by Gasteiger charge is 2.18. The molecule has 0 aliphatic heterocycles. The van der Waals surface area contributed by atoms with E-state index in [1.54, 1.807) is 0 Å². The second-order valence-electron chi connectivity index (χ2n) is 6.10. The van der Waals surface area contributed by atoms with Crippen LogP contribution in [0.4, 0.5) is 0 Å². The third kappa shape index (κ3) is 3.85. The maximum Gasteiger partial charge on any atom is 0.0297 e. The molecule has 0 amide bonds. The molecule has 0 saturated carbocycles. The summed E-state index contributed by atoms with van der Waals surface area (Å²) in [6, 6.07) is 9.03. The standard InChI is InChI=1S/C16H27N/c1-6-16(4,5)14-9-7-13(8-10-14)15(17)11-12(2)3/h7-10,12,15H,6,11,17H2,1-5H3. The van der Waals surface area contributed by atoms with E-state index in [0.717, 1.165) is 12.8 Å². The zero-order chi connectivity index (χ0) is 13.1. The van der Waals surface area contributed by atoms with E-state index >= 15 is 0 Å². The molecule has 1 unspecified atom stereocenters. The molecule has 0 bridgehead atoms. The molecule has 2 N–H and O–H groups in total. The molecule has 1 aromatic carbocycles. The monoisotopic (exact) mass is 233 g/mol. The maximum absolute atomic E-state index is 6.19. The van der Waals surface area contributed by atoms with Crippen LogP contribution >= 0.6 is 0 Å². The lowest BCUT2D eigenvalue weighted by atomic mass is 9.81. The normalized spacial score (nSPS) is 14.1. The summed E-state index contributed by atoms with van der Waals surface area (Å²) in [6.07, 6.45) is 2.21. The third-order valence-corrected chi connectivity index (χ3v) is 3.73. The van der Waals surface area contributed by atoms with Crippen molar-refractivity contribution in [3.8, 4) is 0 Å². The molecule has 0 heterocycles. The van der Waals surface area contributed by atoms with Crippen LogP contribution in [0.15, 0.2) is 24.3 Å². The molecular formula is C16H27N. The molecule has 17 heavy (non-hydrogen) atoms. The van der Waals surface area contributed by atoms with E-state index in [9.17, 15) is 0 Å². The van der Waals surface area contributed by atoms with Gasteiger partial charge in [0.1, 0.15) is 0 Å². The number of hydrogen-bond acceptors (Lipinski definition) is 1. The average molecular weight is 233 g/mol. The van der Waals surface area contributed by atoms with Crippen molar-refractivity contribution in [2.45, 2.75) is 58.9 Å². The first-order valence-corrected chi connectivity index (χ1v) is 6.73. The molecule has 0 aliphatic rings. The van der Waals surface area contributed by atoms with E-state index in [4.69, 9.17) is 5.73 Å². The summed E-state index contributed by atoms with van der Waals surface area (Å²) in [6.45, 7) is 11.2. The maximum atomic E-state index is 6.19. The Morgan fingerprint density at radius 2 is 1.65 bits per heavy atom. The summed E-state index contributed by atoms with van der Waals surface area (Å²) < 4.78 is 0. The molecule has 1 nitrogen and oxygen atoms in total. The highest BCUT2D eigenvalue weighted by molar-refractivity contribution is 5.29. The van der Waals surface area contributed by atoms with Crippen LogP contribution in [0.1, 0.15) is 64.6 Å². The van der Waals surface area contributed by atoms with Crippen molar-refractivity contribution >= 4 is 0 Å². The van der Waals surface area contributed by atoms with Gasteiger partial charge in [0.15, 0.2) is 0 Å². The first-order valence-electron chi connectivity index (χ1n) is 6.73. The molecule has 1 aromatic rings. The van der Waals surface area contributed by atoms with Gasteiger partial charge in [0.2, 0.25) is 0 Å². The first-order chi connectivity index (χ1) is 7.86. The summed E-state index contributed by atoms with van der Waals surface area (Å²) in [5.74, 6) is 0.650. The molecule has 1 rings (SSSR count). The van der Waals surface area contributed by atoms with Gasteiger partial charge >= 0.3 is 0 Å². The quantitative estimate of drug-likeness (QED) is 0.800. The van der Waals surface area contributed by atoms with E-state index in [-0.39, 0.29) is 11.5 Å². The van der Waals surface area contributed by atoms with Crippen LogP contribution in [-0.2, 0) is 5.41 Å². The lowest BCUT2D eigenvalue weighted by molar-refractivity contribution is 0.500. The molecule has 1 heteroatoms. The van der Waals surface area contributed by atoms with Crippen molar-refractivity contribution in [1.82, 2.24) is 0 Å². The van der Waals surface area contributed by atoms with Gasteiger partial charge in [-0.1, -0.05) is 58.9 Å².